The maximum Gasteiger partial charge on any atom is 0.197 e. The van der Waals surface area contributed by atoms with Crippen molar-refractivity contribution in [1.82, 2.24) is 9.97 Å². The van der Waals surface area contributed by atoms with E-state index in [2.05, 4.69) is 23.8 Å². The molecule has 1 heterocycles. The number of H-pyrrole nitrogens is 1. The van der Waals surface area contributed by atoms with Gasteiger partial charge in [-0.05, 0) is 11.8 Å². The second-order valence-corrected chi connectivity index (χ2v) is 3.97. The summed E-state index contributed by atoms with van der Waals surface area (Å²) in [6, 6.07) is 0. The molecule has 0 amide bonds. The Morgan fingerprint density at radius 3 is 2.73 bits per heavy atom. The Morgan fingerprint density at radius 2 is 2.36 bits per heavy atom. The van der Waals surface area contributed by atoms with Gasteiger partial charge in [0.1, 0.15) is 0 Å². The smallest absolute Gasteiger partial charge is 0.197 e. The van der Waals surface area contributed by atoms with E-state index in [1.54, 1.807) is 0 Å². The van der Waals surface area contributed by atoms with Crippen LogP contribution in [0.25, 0.3) is 0 Å². The van der Waals surface area contributed by atoms with Crippen LogP contribution in [0.2, 0.25) is 0 Å². The highest BCUT2D eigenvalue weighted by Gasteiger charge is 2.47. The Balaban J connectivity index is 2.20. The minimum atomic E-state index is 0.457. The summed E-state index contributed by atoms with van der Waals surface area (Å²) >= 11 is 0. The molecule has 0 aromatic carbocycles. The third kappa shape index (κ3) is 1.00. The Bertz CT molecular complexity index is 275. The van der Waals surface area contributed by atoms with Crippen molar-refractivity contribution < 1.29 is 0 Å². The van der Waals surface area contributed by atoms with Crippen LogP contribution in [0, 0.1) is 5.41 Å². The molecule has 3 nitrogen and oxygen atoms in total. The standard InChI is InChI=1S/C8H13N3/c1-8(2)3-5(8)6-4-10-7(9)11-6/h4-5H,3H2,1-2H3,(H3,9,10,11)/t5-/m1/s1. The topological polar surface area (TPSA) is 54.7 Å². The first kappa shape index (κ1) is 6.70. The van der Waals surface area contributed by atoms with Gasteiger partial charge in [0.05, 0.1) is 6.20 Å². The van der Waals surface area contributed by atoms with Crippen molar-refractivity contribution in [3.63, 3.8) is 0 Å². The lowest BCUT2D eigenvalue weighted by atomic mass is 10.1. The summed E-state index contributed by atoms with van der Waals surface area (Å²) in [5, 5.41) is 0. The molecule has 11 heavy (non-hydrogen) atoms. The van der Waals surface area contributed by atoms with Crippen LogP contribution in [0.5, 0.6) is 0 Å². The Kier molecular flexibility index (Phi) is 1.09. The average molecular weight is 151 g/mol. The molecule has 0 spiro atoms. The van der Waals surface area contributed by atoms with Crippen molar-refractivity contribution in [2.45, 2.75) is 26.2 Å². The van der Waals surface area contributed by atoms with Crippen molar-refractivity contribution in [2.24, 2.45) is 5.41 Å². The van der Waals surface area contributed by atoms with Gasteiger partial charge in [-0.1, -0.05) is 13.8 Å². The lowest BCUT2D eigenvalue weighted by molar-refractivity contribution is 0.617. The average Bonchev–Trinajstić information content (AvgIpc) is 2.39. The molecular formula is C8H13N3. The predicted octanol–water partition coefficient (Wildman–Crippen LogP) is 1.51. The zero-order valence-electron chi connectivity index (χ0n) is 6.89. The number of hydrogen-bond donors (Lipinski definition) is 2. The van der Waals surface area contributed by atoms with Crippen molar-refractivity contribution >= 4 is 5.95 Å². The number of hydrogen-bond acceptors (Lipinski definition) is 2. The van der Waals surface area contributed by atoms with Crippen molar-refractivity contribution in [2.75, 3.05) is 5.73 Å². The van der Waals surface area contributed by atoms with Crippen LogP contribution in [-0.4, -0.2) is 9.97 Å². The number of nitrogens with zero attached hydrogens (tertiary/aromatic N) is 1. The van der Waals surface area contributed by atoms with E-state index in [0.29, 0.717) is 17.3 Å². The highest BCUT2D eigenvalue weighted by Crippen LogP contribution is 2.57. The molecule has 0 bridgehead atoms. The van der Waals surface area contributed by atoms with Crippen molar-refractivity contribution in [3.05, 3.63) is 11.9 Å². The third-order valence-corrected chi connectivity index (χ3v) is 2.50. The second-order valence-electron chi connectivity index (χ2n) is 3.97. The SMILES string of the molecule is CC1(C)C[C@@H]1c1cnc(N)[nH]1. The van der Waals surface area contributed by atoms with Crippen molar-refractivity contribution in [3.8, 4) is 0 Å². The van der Waals surface area contributed by atoms with E-state index >= 15 is 0 Å². The minimum absolute atomic E-state index is 0.457. The fourth-order valence-electron chi connectivity index (χ4n) is 1.53. The molecule has 1 aromatic rings. The molecule has 60 valence electrons. The van der Waals surface area contributed by atoms with Crippen LogP contribution in [0.1, 0.15) is 31.9 Å². The maximum atomic E-state index is 5.47. The molecule has 1 saturated carbocycles. The molecule has 1 aromatic heterocycles. The first-order valence-electron chi connectivity index (χ1n) is 3.90. The number of nitrogens with one attached hydrogen (secondary N) is 1. The van der Waals surface area contributed by atoms with E-state index in [1.165, 1.54) is 12.1 Å². The van der Waals surface area contributed by atoms with Gasteiger partial charge in [0, 0.05) is 11.6 Å². The van der Waals surface area contributed by atoms with Gasteiger partial charge < -0.3 is 10.7 Å². The van der Waals surface area contributed by atoms with Gasteiger partial charge in [0.15, 0.2) is 5.95 Å². The van der Waals surface area contributed by atoms with Gasteiger partial charge in [-0.2, -0.15) is 0 Å². The molecule has 1 aliphatic carbocycles. The first-order valence-corrected chi connectivity index (χ1v) is 3.90. The van der Waals surface area contributed by atoms with Crippen LogP contribution in [0.15, 0.2) is 6.20 Å². The number of aromatic amines is 1. The summed E-state index contributed by atoms with van der Waals surface area (Å²) in [5.74, 6) is 1.18. The second kappa shape index (κ2) is 1.78. The molecule has 2 rings (SSSR count). The molecule has 0 radical (unpaired) electrons. The molecule has 1 aliphatic rings. The highest BCUT2D eigenvalue weighted by atomic mass is 15.0. The van der Waals surface area contributed by atoms with Gasteiger partial charge in [-0.3, -0.25) is 0 Å². The predicted molar refractivity (Wildman–Crippen MR) is 44.1 cm³/mol. The van der Waals surface area contributed by atoms with E-state index in [1.807, 2.05) is 6.20 Å². The van der Waals surface area contributed by atoms with Crippen LogP contribution in [-0.2, 0) is 0 Å². The Hall–Kier alpha value is -0.990. The number of imidazole rings is 1. The maximum absolute atomic E-state index is 5.47. The Labute approximate surface area is 66.0 Å². The zero-order chi connectivity index (χ0) is 8.06. The van der Waals surface area contributed by atoms with Gasteiger partial charge in [-0.25, -0.2) is 4.98 Å². The highest BCUT2D eigenvalue weighted by molar-refractivity contribution is 5.26. The fraction of sp³-hybridized carbons (Fsp3) is 0.625. The Morgan fingerprint density at radius 1 is 1.73 bits per heavy atom. The molecule has 3 N–H and O–H groups in total. The summed E-state index contributed by atoms with van der Waals surface area (Å²) in [6.45, 7) is 4.52. The number of anilines is 1. The van der Waals surface area contributed by atoms with E-state index in [0.717, 1.165) is 0 Å². The van der Waals surface area contributed by atoms with E-state index in [4.69, 9.17) is 5.73 Å². The summed E-state index contributed by atoms with van der Waals surface area (Å²) < 4.78 is 0. The van der Waals surface area contributed by atoms with E-state index in [-0.39, 0.29) is 0 Å². The van der Waals surface area contributed by atoms with Crippen molar-refractivity contribution in [1.29, 1.82) is 0 Å². The summed E-state index contributed by atoms with van der Waals surface area (Å²) in [4.78, 5) is 7.03. The van der Waals surface area contributed by atoms with Gasteiger partial charge in [-0.15, -0.1) is 0 Å². The minimum Gasteiger partial charge on any atom is -0.369 e. The van der Waals surface area contributed by atoms with Crippen LogP contribution in [0.4, 0.5) is 5.95 Å². The molecule has 0 unspecified atom stereocenters. The molecule has 1 fully saturated rings. The zero-order valence-corrected chi connectivity index (χ0v) is 6.89. The summed E-state index contributed by atoms with van der Waals surface area (Å²) in [7, 11) is 0. The van der Waals surface area contributed by atoms with E-state index in [9.17, 15) is 0 Å². The van der Waals surface area contributed by atoms with Gasteiger partial charge in [0.25, 0.3) is 0 Å². The molecular weight excluding hydrogens is 138 g/mol. The summed E-state index contributed by atoms with van der Waals surface area (Å²) in [5.41, 5.74) is 7.11. The number of nitrogens with two attached hydrogens (primary N) is 1. The summed E-state index contributed by atoms with van der Waals surface area (Å²) in [6.07, 6.45) is 3.09. The molecule has 3 heteroatoms. The lowest BCUT2D eigenvalue weighted by Crippen LogP contribution is -1.91. The van der Waals surface area contributed by atoms with Crippen LogP contribution >= 0.6 is 0 Å². The van der Waals surface area contributed by atoms with E-state index < -0.39 is 0 Å². The number of aromatic nitrogens is 2. The van der Waals surface area contributed by atoms with Crippen LogP contribution < -0.4 is 5.73 Å². The normalized spacial score (nSPS) is 26.9. The van der Waals surface area contributed by atoms with Gasteiger partial charge >= 0.3 is 0 Å². The first-order chi connectivity index (χ1) is 5.09. The van der Waals surface area contributed by atoms with Crippen LogP contribution in [0.3, 0.4) is 0 Å². The molecule has 0 saturated heterocycles. The number of nitrogen functional groups attached to an aromatic ring is 1. The third-order valence-electron chi connectivity index (χ3n) is 2.50. The monoisotopic (exact) mass is 151 g/mol. The molecule has 0 aliphatic heterocycles. The fourth-order valence-corrected chi connectivity index (χ4v) is 1.53. The quantitative estimate of drug-likeness (QED) is 0.639. The molecule has 1 atom stereocenters. The lowest BCUT2D eigenvalue weighted by Gasteiger charge is -1.98. The largest absolute Gasteiger partial charge is 0.369 e. The number of rotatable bonds is 1. The van der Waals surface area contributed by atoms with Gasteiger partial charge in [0.2, 0.25) is 0 Å².